The standard InChI is InChI=1S/C4H4ClF3/c5-3(1-6)4(8)2-7/h1,4H,2H2/b3-1+. The third-order valence-electron chi connectivity index (χ3n) is 0.539. The van der Waals surface area contributed by atoms with E-state index < -0.39 is 17.9 Å². The highest BCUT2D eigenvalue weighted by atomic mass is 35.5. The molecule has 0 radical (unpaired) electrons. The van der Waals surface area contributed by atoms with Gasteiger partial charge in [-0.2, -0.15) is 0 Å². The first-order chi connectivity index (χ1) is 3.72. The number of hydrogen-bond acceptors (Lipinski definition) is 0. The first-order valence-corrected chi connectivity index (χ1v) is 2.26. The van der Waals surface area contributed by atoms with Gasteiger partial charge in [0.25, 0.3) is 0 Å². The molecule has 0 saturated heterocycles. The Morgan fingerprint density at radius 3 is 2.38 bits per heavy atom. The number of halogens is 4. The van der Waals surface area contributed by atoms with Gasteiger partial charge < -0.3 is 0 Å². The van der Waals surface area contributed by atoms with Crippen LogP contribution >= 0.6 is 11.6 Å². The maximum atomic E-state index is 11.7. The van der Waals surface area contributed by atoms with Gasteiger partial charge in [0.05, 0.1) is 5.03 Å². The largest absolute Gasteiger partial charge is 0.247 e. The average molecular weight is 145 g/mol. The molecule has 0 heterocycles. The van der Waals surface area contributed by atoms with Crippen molar-refractivity contribution in [2.75, 3.05) is 6.67 Å². The van der Waals surface area contributed by atoms with Crippen LogP contribution in [-0.2, 0) is 0 Å². The molecule has 0 fully saturated rings. The molecule has 0 aromatic rings. The third-order valence-corrected chi connectivity index (χ3v) is 0.858. The molecular formula is C4H4ClF3. The SMILES string of the molecule is F/C=C(/Cl)C(F)CF. The van der Waals surface area contributed by atoms with E-state index >= 15 is 0 Å². The maximum absolute atomic E-state index is 11.7. The molecule has 8 heavy (non-hydrogen) atoms. The quantitative estimate of drug-likeness (QED) is 0.558. The van der Waals surface area contributed by atoms with Gasteiger partial charge in [0.2, 0.25) is 0 Å². The number of rotatable bonds is 2. The first kappa shape index (κ1) is 7.82. The molecule has 0 bridgehead atoms. The zero-order valence-electron chi connectivity index (χ0n) is 3.87. The van der Waals surface area contributed by atoms with Crippen LogP contribution in [0.2, 0.25) is 0 Å². The molecule has 0 aliphatic rings. The predicted octanol–water partition coefficient (Wildman–Crippen LogP) is 2.34. The van der Waals surface area contributed by atoms with Crippen molar-refractivity contribution in [2.24, 2.45) is 0 Å². The molecule has 4 heteroatoms. The molecule has 0 aliphatic heterocycles. The second-order valence-corrected chi connectivity index (χ2v) is 1.55. The minimum Gasteiger partial charge on any atom is -0.247 e. The number of alkyl halides is 2. The Bertz CT molecular complexity index is 91.3. The van der Waals surface area contributed by atoms with Crippen LogP contribution in [0.1, 0.15) is 0 Å². The molecule has 0 aromatic heterocycles. The van der Waals surface area contributed by atoms with E-state index in [1.54, 1.807) is 0 Å². The fourth-order valence-electron chi connectivity index (χ4n) is 0.142. The highest BCUT2D eigenvalue weighted by Gasteiger charge is 2.08. The topological polar surface area (TPSA) is 0 Å². The van der Waals surface area contributed by atoms with Gasteiger partial charge in [0.1, 0.15) is 13.0 Å². The van der Waals surface area contributed by atoms with Gasteiger partial charge in [-0.05, 0) is 0 Å². The Balaban J connectivity index is 3.63. The Morgan fingerprint density at radius 1 is 1.75 bits per heavy atom. The second-order valence-electron chi connectivity index (χ2n) is 1.12. The fraction of sp³-hybridized carbons (Fsp3) is 0.500. The lowest BCUT2D eigenvalue weighted by molar-refractivity contribution is 0.303. The maximum Gasteiger partial charge on any atom is 0.166 e. The van der Waals surface area contributed by atoms with E-state index in [2.05, 4.69) is 0 Å². The lowest BCUT2D eigenvalue weighted by Crippen LogP contribution is -2.00. The molecule has 1 unspecified atom stereocenters. The molecule has 0 nitrogen and oxygen atoms in total. The summed E-state index contributed by atoms with van der Waals surface area (Å²) in [7, 11) is 0. The van der Waals surface area contributed by atoms with Crippen LogP contribution in [0.25, 0.3) is 0 Å². The zero-order valence-corrected chi connectivity index (χ0v) is 4.63. The van der Waals surface area contributed by atoms with Gasteiger partial charge in [0.15, 0.2) is 6.17 Å². The van der Waals surface area contributed by atoms with E-state index in [0.717, 1.165) is 0 Å². The molecule has 0 amide bonds. The second kappa shape index (κ2) is 3.78. The highest BCUT2D eigenvalue weighted by molar-refractivity contribution is 6.30. The summed E-state index contributed by atoms with van der Waals surface area (Å²) in [4.78, 5) is 0. The third kappa shape index (κ3) is 2.21. The van der Waals surface area contributed by atoms with E-state index in [-0.39, 0.29) is 6.33 Å². The Hall–Kier alpha value is -0.180. The molecule has 0 rings (SSSR count). The van der Waals surface area contributed by atoms with Gasteiger partial charge in [-0.3, -0.25) is 0 Å². The van der Waals surface area contributed by atoms with Crippen molar-refractivity contribution < 1.29 is 13.2 Å². The van der Waals surface area contributed by atoms with Gasteiger partial charge >= 0.3 is 0 Å². The van der Waals surface area contributed by atoms with Crippen LogP contribution in [0.15, 0.2) is 11.4 Å². The lowest BCUT2D eigenvalue weighted by atomic mass is 10.4. The van der Waals surface area contributed by atoms with Gasteiger partial charge in [-0.25, -0.2) is 13.2 Å². The Morgan fingerprint density at radius 2 is 2.25 bits per heavy atom. The van der Waals surface area contributed by atoms with Crippen molar-refractivity contribution >= 4 is 11.6 Å². The normalized spacial score (nSPS) is 16.2. The molecule has 0 aromatic carbocycles. The molecule has 0 aliphatic carbocycles. The summed E-state index contributed by atoms with van der Waals surface area (Å²) >= 11 is 4.79. The van der Waals surface area contributed by atoms with Crippen molar-refractivity contribution in [3.63, 3.8) is 0 Å². The summed E-state index contributed by atoms with van der Waals surface area (Å²) in [6.07, 6.45) is -2.16. The summed E-state index contributed by atoms with van der Waals surface area (Å²) in [6.45, 7) is -1.28. The van der Waals surface area contributed by atoms with Gasteiger partial charge in [-0.15, -0.1) is 0 Å². The molecule has 0 spiro atoms. The predicted molar refractivity (Wildman–Crippen MR) is 25.9 cm³/mol. The van der Waals surface area contributed by atoms with E-state index in [1.807, 2.05) is 0 Å². The van der Waals surface area contributed by atoms with Gasteiger partial charge in [-0.1, -0.05) is 11.6 Å². The van der Waals surface area contributed by atoms with Crippen LogP contribution in [0, 0.1) is 0 Å². The van der Waals surface area contributed by atoms with Crippen LogP contribution in [0.3, 0.4) is 0 Å². The van der Waals surface area contributed by atoms with Crippen molar-refractivity contribution in [3.05, 3.63) is 11.4 Å². The smallest absolute Gasteiger partial charge is 0.166 e. The van der Waals surface area contributed by atoms with E-state index in [4.69, 9.17) is 11.6 Å². The van der Waals surface area contributed by atoms with Crippen molar-refractivity contribution in [1.29, 1.82) is 0 Å². The Kier molecular flexibility index (Phi) is 3.69. The van der Waals surface area contributed by atoms with E-state index in [0.29, 0.717) is 0 Å². The molecule has 48 valence electrons. The van der Waals surface area contributed by atoms with E-state index in [1.165, 1.54) is 0 Å². The number of hydrogen-bond donors (Lipinski definition) is 0. The minimum absolute atomic E-state index is 0.161. The van der Waals surface area contributed by atoms with Crippen LogP contribution in [0.4, 0.5) is 13.2 Å². The molecule has 0 saturated carbocycles. The van der Waals surface area contributed by atoms with E-state index in [9.17, 15) is 13.2 Å². The van der Waals surface area contributed by atoms with Crippen molar-refractivity contribution in [2.45, 2.75) is 6.17 Å². The van der Waals surface area contributed by atoms with Crippen molar-refractivity contribution in [3.8, 4) is 0 Å². The minimum atomic E-state index is -2.00. The Labute approximate surface area is 49.9 Å². The fourth-order valence-corrected chi connectivity index (χ4v) is 0.200. The summed E-state index contributed by atoms with van der Waals surface area (Å²) < 4.78 is 34.0. The summed E-state index contributed by atoms with van der Waals surface area (Å²) in [5, 5.41) is -0.729. The van der Waals surface area contributed by atoms with Crippen LogP contribution in [0.5, 0.6) is 0 Å². The monoisotopic (exact) mass is 144 g/mol. The molecule has 1 atom stereocenters. The van der Waals surface area contributed by atoms with Crippen LogP contribution < -0.4 is 0 Å². The zero-order chi connectivity index (χ0) is 6.57. The molecular weight excluding hydrogens is 140 g/mol. The summed E-state index contributed by atoms with van der Waals surface area (Å²) in [5.74, 6) is 0. The lowest BCUT2D eigenvalue weighted by Gasteiger charge is -1.95. The summed E-state index contributed by atoms with van der Waals surface area (Å²) in [6, 6.07) is 0. The highest BCUT2D eigenvalue weighted by Crippen LogP contribution is 2.11. The van der Waals surface area contributed by atoms with Gasteiger partial charge in [0, 0.05) is 0 Å². The number of allylic oxidation sites excluding steroid dienone is 1. The van der Waals surface area contributed by atoms with Crippen molar-refractivity contribution in [1.82, 2.24) is 0 Å². The van der Waals surface area contributed by atoms with Crippen LogP contribution in [-0.4, -0.2) is 12.8 Å². The summed E-state index contributed by atoms with van der Waals surface area (Å²) in [5.41, 5.74) is 0. The molecule has 0 N–H and O–H groups in total. The first-order valence-electron chi connectivity index (χ1n) is 1.88. The average Bonchev–Trinajstić information content (AvgIpc) is 1.84.